The molecule has 0 bridgehead atoms. The Labute approximate surface area is 106 Å². The molecule has 2 atom stereocenters. The molecule has 5 nitrogen and oxygen atoms in total. The Morgan fingerprint density at radius 2 is 2.11 bits per heavy atom. The first-order chi connectivity index (χ1) is 8.68. The number of pyridine rings is 1. The predicted molar refractivity (Wildman–Crippen MR) is 67.7 cm³/mol. The summed E-state index contributed by atoms with van der Waals surface area (Å²) in [6.45, 7) is 0. The summed E-state index contributed by atoms with van der Waals surface area (Å²) in [6, 6.07) is 1.56. The number of carbonyl (C=O) groups is 1. The maximum Gasteiger partial charge on any atom is 0.339 e. The summed E-state index contributed by atoms with van der Waals surface area (Å²) in [5.41, 5.74) is 0.678. The van der Waals surface area contributed by atoms with Crippen LogP contribution in [0.25, 0.3) is 0 Å². The molecule has 2 unspecified atom stereocenters. The van der Waals surface area contributed by atoms with Crippen molar-refractivity contribution >= 4 is 11.7 Å². The number of aliphatic hydroxyl groups is 1. The van der Waals surface area contributed by atoms with Crippen molar-refractivity contribution in [1.82, 2.24) is 4.98 Å². The molecule has 3 N–H and O–H groups in total. The molecule has 98 valence electrons. The third-order valence-corrected chi connectivity index (χ3v) is 3.37. The summed E-state index contributed by atoms with van der Waals surface area (Å²) in [7, 11) is 0. The van der Waals surface area contributed by atoms with Crippen molar-refractivity contribution in [3.05, 3.63) is 24.0 Å². The van der Waals surface area contributed by atoms with Crippen molar-refractivity contribution < 1.29 is 15.0 Å². The van der Waals surface area contributed by atoms with Crippen LogP contribution in [0.2, 0.25) is 0 Å². The van der Waals surface area contributed by atoms with E-state index in [1.165, 1.54) is 6.20 Å². The van der Waals surface area contributed by atoms with Gasteiger partial charge >= 0.3 is 5.97 Å². The molecule has 0 aromatic carbocycles. The van der Waals surface area contributed by atoms with E-state index in [1.807, 2.05) is 0 Å². The standard InChI is InChI=1S/C13H18N2O3/c16-12-5-3-1-2-4-11(12)15-10-6-7-14-8-9(10)13(17)18/h6-8,11-12,16H,1-5H2,(H,14,15)(H,17,18). The number of hydrogen-bond acceptors (Lipinski definition) is 4. The zero-order valence-electron chi connectivity index (χ0n) is 10.2. The van der Waals surface area contributed by atoms with E-state index in [1.54, 1.807) is 12.3 Å². The van der Waals surface area contributed by atoms with Gasteiger partial charge in [0.25, 0.3) is 0 Å². The van der Waals surface area contributed by atoms with Crippen LogP contribution in [0.4, 0.5) is 5.69 Å². The number of carboxylic acid groups (broad SMARTS) is 1. The number of rotatable bonds is 3. The highest BCUT2D eigenvalue weighted by molar-refractivity contribution is 5.93. The second-order valence-electron chi connectivity index (χ2n) is 4.68. The summed E-state index contributed by atoms with van der Waals surface area (Å²) in [6.07, 6.45) is 7.31. The van der Waals surface area contributed by atoms with Crippen molar-refractivity contribution in [3.63, 3.8) is 0 Å². The SMILES string of the molecule is O=C(O)c1cnccc1NC1CCCCCC1O. The number of nitrogens with one attached hydrogen (secondary N) is 1. The van der Waals surface area contributed by atoms with Gasteiger partial charge in [-0.3, -0.25) is 4.98 Å². The van der Waals surface area contributed by atoms with E-state index < -0.39 is 12.1 Å². The number of aromatic nitrogens is 1. The van der Waals surface area contributed by atoms with Crippen LogP contribution in [-0.4, -0.2) is 33.3 Å². The molecule has 0 aliphatic heterocycles. The summed E-state index contributed by atoms with van der Waals surface area (Å²) in [5.74, 6) is -1.01. The topological polar surface area (TPSA) is 82.5 Å². The molecular formula is C13H18N2O3. The monoisotopic (exact) mass is 250 g/mol. The van der Waals surface area contributed by atoms with Crippen molar-refractivity contribution in [1.29, 1.82) is 0 Å². The highest BCUT2D eigenvalue weighted by Gasteiger charge is 2.22. The Hall–Kier alpha value is -1.62. The largest absolute Gasteiger partial charge is 0.478 e. The Bertz CT molecular complexity index is 422. The lowest BCUT2D eigenvalue weighted by Crippen LogP contribution is -2.33. The highest BCUT2D eigenvalue weighted by atomic mass is 16.4. The van der Waals surface area contributed by atoms with Crippen molar-refractivity contribution in [2.45, 2.75) is 44.2 Å². The number of anilines is 1. The molecule has 1 aliphatic carbocycles. The van der Waals surface area contributed by atoms with Gasteiger partial charge in [-0.1, -0.05) is 19.3 Å². The molecule has 0 radical (unpaired) electrons. The fourth-order valence-electron chi connectivity index (χ4n) is 2.35. The van der Waals surface area contributed by atoms with E-state index in [2.05, 4.69) is 10.3 Å². The quantitative estimate of drug-likeness (QED) is 0.713. The molecule has 1 saturated carbocycles. The van der Waals surface area contributed by atoms with Crippen LogP contribution < -0.4 is 5.32 Å². The van der Waals surface area contributed by atoms with Crippen LogP contribution in [0.3, 0.4) is 0 Å². The molecule has 1 aromatic heterocycles. The van der Waals surface area contributed by atoms with Crippen LogP contribution in [0.5, 0.6) is 0 Å². The number of aromatic carboxylic acids is 1. The van der Waals surface area contributed by atoms with Crippen molar-refractivity contribution in [2.24, 2.45) is 0 Å². The average Bonchev–Trinajstić information content (AvgIpc) is 2.55. The smallest absolute Gasteiger partial charge is 0.339 e. The normalized spacial score (nSPS) is 24.3. The molecule has 1 aromatic rings. The molecular weight excluding hydrogens is 232 g/mol. The zero-order chi connectivity index (χ0) is 13.0. The number of carboxylic acids is 1. The first-order valence-electron chi connectivity index (χ1n) is 6.30. The molecule has 0 spiro atoms. The molecule has 1 aliphatic rings. The zero-order valence-corrected chi connectivity index (χ0v) is 10.2. The molecule has 2 rings (SSSR count). The molecule has 18 heavy (non-hydrogen) atoms. The lowest BCUT2D eigenvalue weighted by molar-refractivity contribution is 0.0697. The fourth-order valence-corrected chi connectivity index (χ4v) is 2.35. The predicted octanol–water partition coefficient (Wildman–Crippen LogP) is 1.89. The van der Waals surface area contributed by atoms with E-state index in [-0.39, 0.29) is 11.6 Å². The average molecular weight is 250 g/mol. The fraction of sp³-hybridized carbons (Fsp3) is 0.538. The second kappa shape index (κ2) is 5.82. The third kappa shape index (κ3) is 2.98. The van der Waals surface area contributed by atoms with Crippen LogP contribution in [0.1, 0.15) is 42.5 Å². The van der Waals surface area contributed by atoms with Gasteiger partial charge in [0.05, 0.1) is 17.8 Å². The summed E-state index contributed by atoms with van der Waals surface area (Å²) in [5, 5.41) is 22.2. The maximum atomic E-state index is 11.1. The van der Waals surface area contributed by atoms with E-state index in [4.69, 9.17) is 5.11 Å². The number of aliphatic hydroxyl groups excluding tert-OH is 1. The summed E-state index contributed by atoms with van der Waals surface area (Å²) in [4.78, 5) is 14.9. The van der Waals surface area contributed by atoms with Gasteiger partial charge in [-0.2, -0.15) is 0 Å². The van der Waals surface area contributed by atoms with E-state index in [9.17, 15) is 9.90 Å². The Kier molecular flexibility index (Phi) is 4.15. The highest BCUT2D eigenvalue weighted by Crippen LogP contribution is 2.23. The first-order valence-corrected chi connectivity index (χ1v) is 6.30. The van der Waals surface area contributed by atoms with Gasteiger partial charge in [-0.15, -0.1) is 0 Å². The Morgan fingerprint density at radius 3 is 2.89 bits per heavy atom. The number of nitrogens with zero attached hydrogens (tertiary/aromatic N) is 1. The summed E-state index contributed by atoms with van der Waals surface area (Å²) < 4.78 is 0. The molecule has 0 saturated heterocycles. The van der Waals surface area contributed by atoms with Gasteiger partial charge in [0.1, 0.15) is 5.56 Å². The van der Waals surface area contributed by atoms with Crippen LogP contribution in [0, 0.1) is 0 Å². The second-order valence-corrected chi connectivity index (χ2v) is 4.68. The van der Waals surface area contributed by atoms with Gasteiger partial charge in [-0.05, 0) is 18.9 Å². The van der Waals surface area contributed by atoms with Crippen LogP contribution in [-0.2, 0) is 0 Å². The first kappa shape index (κ1) is 12.8. The Morgan fingerprint density at radius 1 is 1.33 bits per heavy atom. The van der Waals surface area contributed by atoms with Gasteiger partial charge < -0.3 is 15.5 Å². The van der Waals surface area contributed by atoms with Gasteiger partial charge in [0.2, 0.25) is 0 Å². The van der Waals surface area contributed by atoms with Crippen molar-refractivity contribution in [3.8, 4) is 0 Å². The van der Waals surface area contributed by atoms with Crippen LogP contribution >= 0.6 is 0 Å². The third-order valence-electron chi connectivity index (χ3n) is 3.37. The minimum atomic E-state index is -1.01. The van der Waals surface area contributed by atoms with E-state index in [0.717, 1.165) is 32.1 Å². The minimum Gasteiger partial charge on any atom is -0.478 e. The number of hydrogen-bond donors (Lipinski definition) is 3. The molecule has 1 heterocycles. The molecule has 1 fully saturated rings. The maximum absolute atomic E-state index is 11.1. The molecule has 5 heteroatoms. The van der Waals surface area contributed by atoms with Gasteiger partial charge in [0.15, 0.2) is 0 Å². The van der Waals surface area contributed by atoms with Crippen LogP contribution in [0.15, 0.2) is 18.5 Å². The van der Waals surface area contributed by atoms with Gasteiger partial charge in [-0.25, -0.2) is 4.79 Å². The van der Waals surface area contributed by atoms with Crippen molar-refractivity contribution in [2.75, 3.05) is 5.32 Å². The lowest BCUT2D eigenvalue weighted by Gasteiger charge is -2.23. The van der Waals surface area contributed by atoms with E-state index in [0.29, 0.717) is 5.69 Å². The Balaban J connectivity index is 2.14. The summed E-state index contributed by atoms with van der Waals surface area (Å²) >= 11 is 0. The van der Waals surface area contributed by atoms with Gasteiger partial charge in [0, 0.05) is 12.4 Å². The minimum absolute atomic E-state index is 0.0759. The van der Waals surface area contributed by atoms with E-state index >= 15 is 0 Å². The molecule has 0 amide bonds. The lowest BCUT2D eigenvalue weighted by atomic mass is 10.1.